The van der Waals surface area contributed by atoms with E-state index in [1.165, 1.54) is 24.3 Å². The molecule has 22 heavy (non-hydrogen) atoms. The average molecular weight is 319 g/mol. The molecule has 2 rings (SSSR count). The summed E-state index contributed by atoms with van der Waals surface area (Å²) >= 11 is 0. The average Bonchev–Trinajstić information content (AvgIpc) is 2.54. The number of benzene rings is 2. The molecule has 2 aromatic rings. The molecule has 0 saturated heterocycles. The second kappa shape index (κ2) is 7.09. The van der Waals surface area contributed by atoms with Crippen LogP contribution >= 0.6 is 0 Å². The molecule has 116 valence electrons. The number of sulfone groups is 1. The van der Waals surface area contributed by atoms with Crippen molar-refractivity contribution in [2.75, 3.05) is 11.1 Å². The van der Waals surface area contributed by atoms with Crippen LogP contribution in [0.3, 0.4) is 0 Å². The Hall–Kier alpha value is -2.34. The third-order valence-corrected chi connectivity index (χ3v) is 4.80. The van der Waals surface area contributed by atoms with E-state index >= 15 is 0 Å². The Morgan fingerprint density at radius 2 is 1.68 bits per heavy atom. The van der Waals surface area contributed by atoms with Crippen LogP contribution in [0, 0.1) is 0 Å². The molecule has 0 atom stereocenters. The van der Waals surface area contributed by atoms with Gasteiger partial charge in [0.25, 0.3) is 0 Å². The van der Waals surface area contributed by atoms with Gasteiger partial charge in [-0.2, -0.15) is 0 Å². The molecule has 1 N–H and O–H groups in total. The first-order valence-corrected chi connectivity index (χ1v) is 8.47. The molecule has 1 amide bonds. The summed E-state index contributed by atoms with van der Waals surface area (Å²) in [5, 5.41) is 2.55. The Balaban J connectivity index is 1.92. The predicted molar refractivity (Wildman–Crippen MR) is 84.4 cm³/mol. The van der Waals surface area contributed by atoms with E-state index in [0.29, 0.717) is 5.69 Å². The normalized spacial score (nSPS) is 11.0. The molecule has 0 aliphatic rings. The van der Waals surface area contributed by atoms with E-state index in [4.69, 9.17) is 4.74 Å². The molecular weight excluding hydrogens is 302 g/mol. The molecule has 0 bridgehead atoms. The van der Waals surface area contributed by atoms with Gasteiger partial charge in [0.15, 0.2) is 9.84 Å². The summed E-state index contributed by atoms with van der Waals surface area (Å²) in [6.07, 6.45) is -0.588. The van der Waals surface area contributed by atoms with Crippen molar-refractivity contribution in [2.24, 2.45) is 0 Å². The fraction of sp³-hybridized carbons (Fsp3) is 0.188. The molecule has 2 aromatic carbocycles. The topological polar surface area (TPSA) is 72.5 Å². The number of amides is 1. The SMILES string of the molecule is CCS(=O)(=O)c1ccc(NC(=O)OCc2ccccc2)cc1. The number of nitrogens with one attached hydrogen (secondary N) is 1. The molecule has 0 heterocycles. The lowest BCUT2D eigenvalue weighted by atomic mass is 10.2. The number of ether oxygens (including phenoxy) is 1. The van der Waals surface area contributed by atoms with Gasteiger partial charge in [0.05, 0.1) is 10.6 Å². The van der Waals surface area contributed by atoms with E-state index in [2.05, 4.69) is 5.32 Å². The summed E-state index contributed by atoms with van der Waals surface area (Å²) in [7, 11) is -3.23. The quantitative estimate of drug-likeness (QED) is 0.918. The molecule has 0 fully saturated rings. The first kappa shape index (κ1) is 16.0. The number of rotatable bonds is 5. The lowest BCUT2D eigenvalue weighted by Crippen LogP contribution is -2.13. The number of carbonyl (C=O) groups excluding carboxylic acids is 1. The van der Waals surface area contributed by atoms with Gasteiger partial charge in [-0.3, -0.25) is 5.32 Å². The number of carbonyl (C=O) groups is 1. The highest BCUT2D eigenvalue weighted by molar-refractivity contribution is 7.91. The zero-order valence-corrected chi connectivity index (χ0v) is 13.0. The molecule has 0 saturated carbocycles. The third-order valence-electron chi connectivity index (χ3n) is 3.05. The zero-order chi connectivity index (χ0) is 16.0. The maximum absolute atomic E-state index is 11.7. The first-order valence-electron chi connectivity index (χ1n) is 6.82. The minimum atomic E-state index is -3.23. The van der Waals surface area contributed by atoms with E-state index in [9.17, 15) is 13.2 Å². The van der Waals surface area contributed by atoms with Crippen LogP contribution in [-0.2, 0) is 21.2 Å². The van der Waals surface area contributed by atoms with Gasteiger partial charge in [-0.1, -0.05) is 37.3 Å². The molecule has 0 aliphatic carbocycles. The van der Waals surface area contributed by atoms with Gasteiger partial charge in [-0.15, -0.1) is 0 Å². The van der Waals surface area contributed by atoms with Crippen LogP contribution in [0.5, 0.6) is 0 Å². The van der Waals surface area contributed by atoms with Gasteiger partial charge in [0.1, 0.15) is 6.61 Å². The standard InChI is InChI=1S/C16H17NO4S/c1-2-22(19,20)15-10-8-14(9-11-15)17-16(18)21-12-13-6-4-3-5-7-13/h3-11H,2,12H2,1H3,(H,17,18). The Morgan fingerprint density at radius 1 is 1.05 bits per heavy atom. The van der Waals surface area contributed by atoms with Crippen molar-refractivity contribution in [3.8, 4) is 0 Å². The fourth-order valence-electron chi connectivity index (χ4n) is 1.79. The van der Waals surface area contributed by atoms with Crippen molar-refractivity contribution < 1.29 is 17.9 Å². The molecule has 5 nitrogen and oxygen atoms in total. The van der Waals surface area contributed by atoms with Gasteiger partial charge in [-0.05, 0) is 29.8 Å². The molecule has 0 aliphatic heterocycles. The van der Waals surface area contributed by atoms with Gasteiger partial charge in [0.2, 0.25) is 0 Å². The van der Waals surface area contributed by atoms with Crippen molar-refractivity contribution in [1.82, 2.24) is 0 Å². The van der Waals surface area contributed by atoms with Gasteiger partial charge < -0.3 is 4.74 Å². The monoisotopic (exact) mass is 319 g/mol. The predicted octanol–water partition coefficient (Wildman–Crippen LogP) is 3.23. The van der Waals surface area contributed by atoms with E-state index in [0.717, 1.165) is 5.56 Å². The van der Waals surface area contributed by atoms with Crippen LogP contribution in [0.15, 0.2) is 59.5 Å². The molecule has 0 aromatic heterocycles. The highest BCUT2D eigenvalue weighted by Gasteiger charge is 2.11. The lowest BCUT2D eigenvalue weighted by molar-refractivity contribution is 0.155. The van der Waals surface area contributed by atoms with Crippen molar-refractivity contribution >= 4 is 21.6 Å². The molecular formula is C16H17NO4S. The van der Waals surface area contributed by atoms with Gasteiger partial charge >= 0.3 is 6.09 Å². The van der Waals surface area contributed by atoms with E-state index < -0.39 is 15.9 Å². The fourth-order valence-corrected chi connectivity index (χ4v) is 2.67. The lowest BCUT2D eigenvalue weighted by Gasteiger charge is -2.08. The summed E-state index contributed by atoms with van der Waals surface area (Å²) in [5.74, 6) is 0.0406. The van der Waals surface area contributed by atoms with Crippen molar-refractivity contribution in [1.29, 1.82) is 0 Å². The summed E-state index contributed by atoms with van der Waals surface area (Å²) in [6, 6.07) is 15.3. The summed E-state index contributed by atoms with van der Waals surface area (Å²) in [6.45, 7) is 1.76. The van der Waals surface area contributed by atoms with Crippen molar-refractivity contribution in [3.05, 3.63) is 60.2 Å². The van der Waals surface area contributed by atoms with E-state index in [1.54, 1.807) is 6.92 Å². The van der Waals surface area contributed by atoms with Gasteiger partial charge in [-0.25, -0.2) is 13.2 Å². The highest BCUT2D eigenvalue weighted by atomic mass is 32.2. The maximum atomic E-state index is 11.7. The van der Waals surface area contributed by atoms with Crippen molar-refractivity contribution in [2.45, 2.75) is 18.4 Å². The summed E-state index contributed by atoms with van der Waals surface area (Å²) < 4.78 is 28.4. The Morgan fingerprint density at radius 3 is 2.27 bits per heavy atom. The third kappa shape index (κ3) is 4.33. The zero-order valence-electron chi connectivity index (χ0n) is 12.2. The number of hydrogen-bond donors (Lipinski definition) is 1. The second-order valence-electron chi connectivity index (χ2n) is 4.61. The van der Waals surface area contributed by atoms with E-state index in [1.807, 2.05) is 30.3 Å². The van der Waals surface area contributed by atoms with Crippen LogP contribution in [-0.4, -0.2) is 20.3 Å². The number of anilines is 1. The van der Waals surface area contributed by atoms with Gasteiger partial charge in [0, 0.05) is 5.69 Å². The largest absolute Gasteiger partial charge is 0.444 e. The minimum Gasteiger partial charge on any atom is -0.444 e. The number of hydrogen-bond acceptors (Lipinski definition) is 4. The van der Waals surface area contributed by atoms with Crippen LogP contribution in [0.1, 0.15) is 12.5 Å². The Bertz CT molecular complexity index is 725. The molecule has 0 unspecified atom stereocenters. The Labute approximate surface area is 129 Å². The van der Waals surface area contributed by atoms with E-state index in [-0.39, 0.29) is 17.3 Å². The summed E-state index contributed by atoms with van der Waals surface area (Å²) in [4.78, 5) is 11.9. The maximum Gasteiger partial charge on any atom is 0.411 e. The van der Waals surface area contributed by atoms with Crippen molar-refractivity contribution in [3.63, 3.8) is 0 Å². The molecule has 0 spiro atoms. The Kier molecular flexibility index (Phi) is 5.16. The van der Waals surface area contributed by atoms with Crippen LogP contribution in [0.2, 0.25) is 0 Å². The summed E-state index contributed by atoms with van der Waals surface area (Å²) in [5.41, 5.74) is 1.37. The smallest absolute Gasteiger partial charge is 0.411 e. The minimum absolute atomic E-state index is 0.0406. The first-order chi connectivity index (χ1) is 10.5. The van der Waals surface area contributed by atoms with Crippen LogP contribution < -0.4 is 5.32 Å². The molecule has 6 heteroatoms. The van der Waals surface area contributed by atoms with Crippen LogP contribution in [0.4, 0.5) is 10.5 Å². The highest BCUT2D eigenvalue weighted by Crippen LogP contribution is 2.15. The van der Waals surface area contributed by atoms with Crippen LogP contribution in [0.25, 0.3) is 0 Å². The second-order valence-corrected chi connectivity index (χ2v) is 6.89. The molecule has 0 radical (unpaired) electrons.